The first-order valence-electron chi connectivity index (χ1n) is 14.4. The molecule has 0 aliphatic rings. The first-order valence-corrected chi connectivity index (χ1v) is 17.1. The van der Waals surface area contributed by atoms with Gasteiger partial charge in [0.2, 0.25) is 0 Å². The first kappa shape index (κ1) is 33.1. The van der Waals surface area contributed by atoms with Gasteiger partial charge < -0.3 is 4.74 Å². The van der Waals surface area contributed by atoms with E-state index in [1.165, 1.54) is 12.1 Å². The quantitative estimate of drug-likeness (QED) is 0.0849. The van der Waals surface area contributed by atoms with Crippen molar-refractivity contribution in [3.8, 4) is 5.75 Å². The zero-order chi connectivity index (χ0) is 33.6. The second-order valence-corrected chi connectivity index (χ2v) is 13.7. The van der Waals surface area contributed by atoms with Crippen LogP contribution in [0.1, 0.15) is 16.7 Å². The molecule has 9 nitrogen and oxygen atoms in total. The van der Waals surface area contributed by atoms with E-state index in [0.717, 1.165) is 32.9 Å². The van der Waals surface area contributed by atoms with Crippen LogP contribution in [0, 0.1) is 27.2 Å². The van der Waals surface area contributed by atoms with Gasteiger partial charge in [0, 0.05) is 22.8 Å². The minimum absolute atomic E-state index is 0.0258. The van der Waals surface area contributed by atoms with Crippen LogP contribution >= 0.6 is 11.8 Å². The molecular formula is C36H30N2O7S2. The molecule has 6 aromatic carbocycles. The van der Waals surface area contributed by atoms with Crippen LogP contribution in [0.15, 0.2) is 131 Å². The smallest absolute Gasteiger partial charge is 0.277 e. The Balaban J connectivity index is 0.000000185. The van der Waals surface area contributed by atoms with E-state index in [2.05, 4.69) is 0 Å². The molecule has 6 aromatic rings. The number of non-ortho nitro benzene ring substituents is 2. The summed E-state index contributed by atoms with van der Waals surface area (Å²) in [5.74, 6) is 1.38. The molecular weight excluding hydrogens is 637 g/mol. The monoisotopic (exact) mass is 666 g/mol. The van der Waals surface area contributed by atoms with Crippen LogP contribution < -0.4 is 4.74 Å². The number of nitro groups is 2. The zero-order valence-electron chi connectivity index (χ0n) is 25.5. The Morgan fingerprint density at radius 3 is 1.64 bits per heavy atom. The minimum Gasteiger partial charge on any atom is -0.497 e. The minimum atomic E-state index is -3.52. The maximum atomic E-state index is 12.6. The summed E-state index contributed by atoms with van der Waals surface area (Å²) in [5.41, 5.74) is 2.75. The highest BCUT2D eigenvalue weighted by atomic mass is 32.2. The van der Waals surface area contributed by atoms with Gasteiger partial charge in [-0.1, -0.05) is 66.2 Å². The number of hydrogen-bond acceptors (Lipinski definition) is 8. The van der Waals surface area contributed by atoms with E-state index in [0.29, 0.717) is 21.7 Å². The standard InChI is InChI=1S/C18H15NO4S.C18H15NO3S/c1-13-6-9-15(10-7-13)24(22,23)12-14-8-11-18(19(20)21)17-5-3-2-4-16(14)17;1-22-14-7-9-15(10-8-14)23-12-13-6-11-18(19(20)21)17-5-3-2-4-16(13)17/h2-11H,12H2,1H3;2-11H,12H2,1H3. The average Bonchev–Trinajstić information content (AvgIpc) is 3.07. The van der Waals surface area contributed by atoms with Gasteiger partial charge in [-0.25, -0.2) is 8.42 Å². The zero-order valence-corrected chi connectivity index (χ0v) is 27.2. The van der Waals surface area contributed by atoms with E-state index >= 15 is 0 Å². The van der Waals surface area contributed by atoms with Crippen molar-refractivity contribution >= 4 is 54.5 Å². The SMILES string of the molecule is COc1ccc(SCc2ccc([N+](=O)[O-])c3ccccc23)cc1.Cc1ccc(S(=O)(=O)Cc2ccc([N+](=O)[O-])c3ccccc23)cc1. The molecule has 0 unspecified atom stereocenters. The Labute approximate surface area is 276 Å². The average molecular weight is 667 g/mol. The maximum Gasteiger partial charge on any atom is 0.277 e. The Morgan fingerprint density at radius 2 is 1.13 bits per heavy atom. The molecule has 11 heteroatoms. The van der Waals surface area contributed by atoms with E-state index in [4.69, 9.17) is 4.74 Å². The molecule has 0 aliphatic heterocycles. The molecule has 0 saturated heterocycles. The number of fused-ring (bicyclic) bond motifs is 2. The second kappa shape index (κ2) is 14.4. The van der Waals surface area contributed by atoms with Crippen molar-refractivity contribution in [2.24, 2.45) is 0 Å². The Bertz CT molecular complexity index is 2190. The number of aryl methyl sites for hydroxylation is 1. The highest BCUT2D eigenvalue weighted by molar-refractivity contribution is 7.98. The Morgan fingerprint density at radius 1 is 0.638 bits per heavy atom. The fourth-order valence-electron chi connectivity index (χ4n) is 5.13. The van der Waals surface area contributed by atoms with Crippen molar-refractivity contribution in [1.29, 1.82) is 0 Å². The van der Waals surface area contributed by atoms with Gasteiger partial charge in [0.25, 0.3) is 11.4 Å². The maximum absolute atomic E-state index is 12.6. The fourth-order valence-corrected chi connectivity index (χ4v) is 7.41. The summed E-state index contributed by atoms with van der Waals surface area (Å²) in [5, 5.41) is 25.0. The summed E-state index contributed by atoms with van der Waals surface area (Å²) in [4.78, 5) is 22.9. The molecule has 238 valence electrons. The lowest BCUT2D eigenvalue weighted by Gasteiger charge is -2.09. The van der Waals surface area contributed by atoms with Crippen molar-refractivity contribution < 1.29 is 23.0 Å². The highest BCUT2D eigenvalue weighted by Crippen LogP contribution is 2.33. The molecule has 0 aliphatic carbocycles. The topological polar surface area (TPSA) is 130 Å². The Hall–Kier alpha value is -5.26. The van der Waals surface area contributed by atoms with E-state index in [9.17, 15) is 28.6 Å². The third-order valence-electron chi connectivity index (χ3n) is 7.56. The fraction of sp³-hybridized carbons (Fsp3) is 0.111. The van der Waals surface area contributed by atoms with Crippen LogP contribution in [-0.4, -0.2) is 25.4 Å². The lowest BCUT2D eigenvalue weighted by atomic mass is 10.0. The summed E-state index contributed by atoms with van der Waals surface area (Å²) in [6.07, 6.45) is 0. The third kappa shape index (κ3) is 7.76. The molecule has 0 atom stereocenters. The molecule has 0 amide bonds. The summed E-state index contributed by atoms with van der Waals surface area (Å²) in [6, 6.07) is 35.1. The van der Waals surface area contributed by atoms with E-state index in [1.54, 1.807) is 79.5 Å². The number of sulfone groups is 1. The number of hydrogen-bond donors (Lipinski definition) is 0. The number of benzene rings is 6. The summed E-state index contributed by atoms with van der Waals surface area (Å²) in [6.45, 7) is 1.89. The molecule has 0 spiro atoms. The number of nitrogens with zero attached hydrogens (tertiary/aromatic N) is 2. The second-order valence-electron chi connectivity index (χ2n) is 10.6. The van der Waals surface area contributed by atoms with Gasteiger partial charge in [0.1, 0.15) is 5.75 Å². The van der Waals surface area contributed by atoms with E-state index in [-0.39, 0.29) is 26.9 Å². The van der Waals surface area contributed by atoms with Gasteiger partial charge in [0.05, 0.1) is 38.4 Å². The summed E-state index contributed by atoms with van der Waals surface area (Å²) in [7, 11) is -1.88. The predicted molar refractivity (Wildman–Crippen MR) is 186 cm³/mol. The van der Waals surface area contributed by atoms with Crippen molar-refractivity contribution in [1.82, 2.24) is 0 Å². The van der Waals surface area contributed by atoms with Gasteiger partial charge in [-0.05, 0) is 77.4 Å². The third-order valence-corrected chi connectivity index (χ3v) is 10.3. The first-order chi connectivity index (χ1) is 22.6. The largest absolute Gasteiger partial charge is 0.497 e. The molecule has 0 aromatic heterocycles. The number of ether oxygens (including phenoxy) is 1. The summed E-state index contributed by atoms with van der Waals surface area (Å²) >= 11 is 1.70. The predicted octanol–water partition coefficient (Wildman–Crippen LogP) is 9.08. The van der Waals surface area contributed by atoms with Crippen LogP contribution in [0.25, 0.3) is 21.5 Å². The van der Waals surface area contributed by atoms with Gasteiger partial charge in [-0.3, -0.25) is 20.2 Å². The molecule has 0 N–H and O–H groups in total. The van der Waals surface area contributed by atoms with Crippen molar-refractivity contribution in [2.75, 3.05) is 7.11 Å². The van der Waals surface area contributed by atoms with E-state index in [1.807, 2.05) is 55.5 Å². The van der Waals surface area contributed by atoms with E-state index < -0.39 is 14.8 Å². The van der Waals surface area contributed by atoms with Gasteiger partial charge in [-0.15, -0.1) is 11.8 Å². The lowest BCUT2D eigenvalue weighted by Crippen LogP contribution is -2.06. The molecule has 6 rings (SSSR count). The van der Waals surface area contributed by atoms with Crippen LogP contribution in [-0.2, 0) is 21.3 Å². The van der Waals surface area contributed by atoms with Gasteiger partial charge >= 0.3 is 0 Å². The number of methoxy groups -OCH3 is 1. The van der Waals surface area contributed by atoms with Crippen LogP contribution in [0.5, 0.6) is 5.75 Å². The van der Waals surface area contributed by atoms with Crippen molar-refractivity contribution in [3.63, 3.8) is 0 Å². The van der Waals surface area contributed by atoms with Crippen molar-refractivity contribution in [3.05, 3.63) is 158 Å². The van der Waals surface area contributed by atoms with Gasteiger partial charge in [-0.2, -0.15) is 0 Å². The normalized spacial score (nSPS) is 11.1. The Kier molecular flexibility index (Phi) is 10.2. The lowest BCUT2D eigenvalue weighted by molar-refractivity contribution is -0.383. The number of thioether (sulfide) groups is 1. The molecule has 0 fully saturated rings. The number of rotatable bonds is 9. The molecule has 0 saturated carbocycles. The van der Waals surface area contributed by atoms with Crippen LogP contribution in [0.3, 0.4) is 0 Å². The van der Waals surface area contributed by atoms with Crippen molar-refractivity contribution in [2.45, 2.75) is 28.2 Å². The molecule has 0 bridgehead atoms. The molecule has 0 radical (unpaired) electrons. The number of nitro benzene ring substituents is 2. The van der Waals surface area contributed by atoms with Crippen LogP contribution in [0.2, 0.25) is 0 Å². The van der Waals surface area contributed by atoms with Crippen LogP contribution in [0.4, 0.5) is 11.4 Å². The summed E-state index contributed by atoms with van der Waals surface area (Å²) < 4.78 is 30.4. The molecule has 47 heavy (non-hydrogen) atoms. The molecule has 0 heterocycles. The highest BCUT2D eigenvalue weighted by Gasteiger charge is 2.20. The van der Waals surface area contributed by atoms with Gasteiger partial charge in [0.15, 0.2) is 9.84 Å².